The summed E-state index contributed by atoms with van der Waals surface area (Å²) in [4.78, 5) is 0. The third-order valence-electron chi connectivity index (χ3n) is 2.33. The molecule has 0 aliphatic heterocycles. The van der Waals surface area contributed by atoms with E-state index < -0.39 is 28.5 Å². The van der Waals surface area contributed by atoms with Gasteiger partial charge < -0.3 is 5.11 Å². The van der Waals surface area contributed by atoms with Crippen LogP contribution in [0.4, 0.5) is 26.3 Å². The molecule has 0 aliphatic carbocycles. The summed E-state index contributed by atoms with van der Waals surface area (Å²) < 4.78 is 75.4. The van der Waals surface area contributed by atoms with Crippen LogP contribution in [0.5, 0.6) is 0 Å². The van der Waals surface area contributed by atoms with Crippen molar-refractivity contribution in [2.24, 2.45) is 0 Å². The van der Waals surface area contributed by atoms with E-state index in [2.05, 4.69) is 0 Å². The van der Waals surface area contributed by atoms with Crippen LogP contribution in [-0.2, 0) is 5.60 Å². The van der Waals surface area contributed by atoms with Crippen LogP contribution in [0.25, 0.3) is 0 Å². The molecule has 0 saturated heterocycles. The van der Waals surface area contributed by atoms with Gasteiger partial charge in [0.05, 0.1) is 0 Å². The SMILES string of the molecule is Cc1ccc(Cl)c(C(O)(C(F)(F)F)C(F)(F)F)c1.[K+]. The molecular formula is C10H7ClF6KO+. The van der Waals surface area contributed by atoms with Crippen molar-refractivity contribution in [3.05, 3.63) is 34.3 Å². The Bertz CT molecular complexity index is 442. The van der Waals surface area contributed by atoms with Crippen molar-refractivity contribution in [3.8, 4) is 0 Å². The average molecular weight is 332 g/mol. The van der Waals surface area contributed by atoms with Gasteiger partial charge in [0.25, 0.3) is 5.60 Å². The minimum absolute atomic E-state index is 0. The summed E-state index contributed by atoms with van der Waals surface area (Å²) in [6.07, 6.45) is -11.9. The fourth-order valence-electron chi connectivity index (χ4n) is 1.38. The van der Waals surface area contributed by atoms with Crippen LogP contribution in [0.15, 0.2) is 18.2 Å². The number of aryl methyl sites for hydroxylation is 1. The Morgan fingerprint density at radius 3 is 1.79 bits per heavy atom. The molecule has 0 aliphatic rings. The summed E-state index contributed by atoms with van der Waals surface area (Å²) in [6, 6.07) is 2.66. The van der Waals surface area contributed by atoms with E-state index in [1.807, 2.05) is 0 Å². The number of alkyl halides is 6. The molecular weight excluding hydrogens is 325 g/mol. The van der Waals surface area contributed by atoms with Crippen molar-refractivity contribution in [1.82, 2.24) is 0 Å². The Kier molecular flexibility index (Phi) is 6.43. The van der Waals surface area contributed by atoms with Gasteiger partial charge >= 0.3 is 63.7 Å². The van der Waals surface area contributed by atoms with Gasteiger partial charge in [-0.3, -0.25) is 0 Å². The van der Waals surface area contributed by atoms with Crippen LogP contribution >= 0.6 is 11.6 Å². The first-order valence-corrected chi connectivity index (χ1v) is 4.91. The Morgan fingerprint density at radius 1 is 1.00 bits per heavy atom. The van der Waals surface area contributed by atoms with E-state index in [1.54, 1.807) is 0 Å². The van der Waals surface area contributed by atoms with Gasteiger partial charge in [0, 0.05) is 10.6 Å². The first-order chi connectivity index (χ1) is 7.91. The minimum Gasteiger partial charge on any atom is -0.369 e. The molecule has 0 bridgehead atoms. The molecule has 102 valence electrons. The second-order valence-electron chi connectivity index (χ2n) is 3.69. The fourth-order valence-corrected chi connectivity index (χ4v) is 1.64. The Labute approximate surface area is 152 Å². The molecule has 9 heteroatoms. The topological polar surface area (TPSA) is 20.2 Å². The molecule has 0 fully saturated rings. The molecule has 0 radical (unpaired) electrons. The summed E-state index contributed by atoms with van der Waals surface area (Å²) in [6.45, 7) is 1.28. The van der Waals surface area contributed by atoms with Gasteiger partial charge in [-0.15, -0.1) is 0 Å². The maximum Gasteiger partial charge on any atom is 1.00 e. The third kappa shape index (κ3) is 3.66. The summed E-state index contributed by atoms with van der Waals surface area (Å²) in [5.74, 6) is 0. The molecule has 1 N–H and O–H groups in total. The monoisotopic (exact) mass is 331 g/mol. The summed E-state index contributed by atoms with van der Waals surface area (Å²) in [5, 5.41) is 8.32. The van der Waals surface area contributed by atoms with Crippen molar-refractivity contribution >= 4 is 11.6 Å². The van der Waals surface area contributed by atoms with E-state index in [4.69, 9.17) is 16.7 Å². The van der Waals surface area contributed by atoms with Crippen molar-refractivity contribution in [1.29, 1.82) is 0 Å². The maximum absolute atomic E-state index is 12.6. The molecule has 0 heterocycles. The molecule has 0 unspecified atom stereocenters. The number of rotatable bonds is 1. The van der Waals surface area contributed by atoms with Crippen LogP contribution in [0.2, 0.25) is 5.02 Å². The van der Waals surface area contributed by atoms with Crippen molar-refractivity contribution in [2.75, 3.05) is 0 Å². The zero-order chi connectivity index (χ0) is 14.4. The molecule has 1 aromatic rings. The summed E-state index contributed by atoms with van der Waals surface area (Å²) >= 11 is 5.33. The van der Waals surface area contributed by atoms with Crippen LogP contribution in [-0.4, -0.2) is 17.5 Å². The normalized spacial score (nSPS) is 13.1. The quantitative estimate of drug-likeness (QED) is 0.600. The second kappa shape index (κ2) is 6.21. The van der Waals surface area contributed by atoms with E-state index in [-0.39, 0.29) is 56.9 Å². The van der Waals surface area contributed by atoms with Crippen molar-refractivity contribution < 1.29 is 82.8 Å². The number of hydrogen-bond donors (Lipinski definition) is 1. The zero-order valence-corrected chi connectivity index (χ0v) is 13.7. The largest absolute Gasteiger partial charge is 1.00 e. The molecule has 0 saturated carbocycles. The van der Waals surface area contributed by atoms with E-state index in [9.17, 15) is 26.3 Å². The van der Waals surface area contributed by atoms with E-state index in [1.165, 1.54) is 13.0 Å². The molecule has 19 heavy (non-hydrogen) atoms. The van der Waals surface area contributed by atoms with Gasteiger partial charge in [-0.1, -0.05) is 29.3 Å². The van der Waals surface area contributed by atoms with Gasteiger partial charge in [-0.05, 0) is 13.0 Å². The van der Waals surface area contributed by atoms with E-state index in [0.29, 0.717) is 6.07 Å². The molecule has 0 amide bonds. The predicted molar refractivity (Wildman–Crippen MR) is 52.2 cm³/mol. The van der Waals surface area contributed by atoms with Crippen LogP contribution in [0, 0.1) is 6.92 Å². The van der Waals surface area contributed by atoms with Crippen LogP contribution < -0.4 is 51.4 Å². The van der Waals surface area contributed by atoms with Gasteiger partial charge in [0.15, 0.2) is 0 Å². The molecule has 1 aromatic carbocycles. The summed E-state index contributed by atoms with van der Waals surface area (Å²) in [7, 11) is 0. The van der Waals surface area contributed by atoms with Crippen molar-refractivity contribution in [2.45, 2.75) is 24.9 Å². The third-order valence-corrected chi connectivity index (χ3v) is 2.66. The van der Waals surface area contributed by atoms with E-state index >= 15 is 0 Å². The molecule has 0 spiro atoms. The van der Waals surface area contributed by atoms with Gasteiger partial charge in [-0.25, -0.2) is 0 Å². The minimum atomic E-state index is -5.93. The first-order valence-electron chi connectivity index (χ1n) is 4.53. The van der Waals surface area contributed by atoms with Gasteiger partial charge in [0.1, 0.15) is 0 Å². The van der Waals surface area contributed by atoms with E-state index in [0.717, 1.165) is 6.07 Å². The molecule has 1 nitrogen and oxygen atoms in total. The number of halogens is 7. The Morgan fingerprint density at radius 2 is 1.42 bits per heavy atom. The van der Waals surface area contributed by atoms with Crippen molar-refractivity contribution in [3.63, 3.8) is 0 Å². The number of hydrogen-bond acceptors (Lipinski definition) is 1. The molecule has 0 atom stereocenters. The molecule has 1 rings (SSSR count). The maximum atomic E-state index is 12.6. The van der Waals surface area contributed by atoms with Crippen LogP contribution in [0.3, 0.4) is 0 Å². The smallest absolute Gasteiger partial charge is 0.369 e. The standard InChI is InChI=1S/C10H7ClF6O.K/c1-5-2-3-7(11)6(4-5)8(18,9(12,13)14)10(15,16)17;/h2-4,18H,1H3;/q;+1. The Hall–Kier alpha value is 0.686. The second-order valence-corrected chi connectivity index (χ2v) is 4.10. The summed E-state index contributed by atoms with van der Waals surface area (Å²) in [5.41, 5.74) is -6.30. The van der Waals surface area contributed by atoms with Crippen LogP contribution in [0.1, 0.15) is 11.1 Å². The average Bonchev–Trinajstić information content (AvgIpc) is 2.17. The first kappa shape index (κ1) is 19.7. The predicted octanol–water partition coefficient (Wildman–Crippen LogP) is 0.965. The van der Waals surface area contributed by atoms with Gasteiger partial charge in [-0.2, -0.15) is 26.3 Å². The number of benzene rings is 1. The van der Waals surface area contributed by atoms with Gasteiger partial charge in [0.2, 0.25) is 0 Å². The molecule has 0 aromatic heterocycles. The number of aliphatic hydroxyl groups is 1. The fraction of sp³-hybridized carbons (Fsp3) is 0.400. The Balaban J connectivity index is 0.00000324. The zero-order valence-electron chi connectivity index (χ0n) is 9.83.